The van der Waals surface area contributed by atoms with Gasteiger partial charge >= 0.3 is 0 Å². The van der Waals surface area contributed by atoms with Crippen molar-refractivity contribution in [3.05, 3.63) is 29.8 Å². The normalized spacial score (nSPS) is 12.1. The van der Waals surface area contributed by atoms with Crippen molar-refractivity contribution in [2.24, 2.45) is 4.99 Å². The third-order valence-corrected chi connectivity index (χ3v) is 4.24. The average Bonchev–Trinajstić information content (AvgIpc) is 2.54. The molecule has 0 aliphatic rings. The van der Waals surface area contributed by atoms with Gasteiger partial charge in [0.15, 0.2) is 5.96 Å². The maximum absolute atomic E-state index is 11.0. The minimum absolute atomic E-state index is 0.291. The number of rotatable bonds is 10. The maximum atomic E-state index is 11.0. The summed E-state index contributed by atoms with van der Waals surface area (Å²) in [5.74, 6) is 0.693. The number of hydrogen-bond acceptors (Lipinski definition) is 4. The Balaban J connectivity index is 2.50. The van der Waals surface area contributed by atoms with Crippen LogP contribution in [0.3, 0.4) is 0 Å². The first-order valence-corrected chi connectivity index (χ1v) is 10.5. The molecule has 142 valence electrons. The topological polar surface area (TPSA) is 85.8 Å². The quantitative estimate of drug-likeness (QED) is 0.324. The van der Waals surface area contributed by atoms with Gasteiger partial charge in [0.1, 0.15) is 0 Å². The highest BCUT2D eigenvalue weighted by Gasteiger charge is 2.05. The molecule has 0 saturated heterocycles. The molecule has 8 heteroatoms. The van der Waals surface area contributed by atoms with Gasteiger partial charge in [-0.15, -0.1) is 0 Å². The van der Waals surface area contributed by atoms with E-state index in [1.165, 1.54) is 11.3 Å². The van der Waals surface area contributed by atoms with Gasteiger partial charge < -0.3 is 15.5 Å². The van der Waals surface area contributed by atoms with Crippen LogP contribution in [0.25, 0.3) is 0 Å². The summed E-state index contributed by atoms with van der Waals surface area (Å²) in [5.41, 5.74) is 2.46. The molecule has 3 N–H and O–H groups in total. The Labute approximate surface area is 152 Å². The minimum Gasteiger partial charge on any atom is -0.370 e. The van der Waals surface area contributed by atoms with E-state index in [4.69, 9.17) is 0 Å². The van der Waals surface area contributed by atoms with E-state index in [0.717, 1.165) is 32.4 Å². The molecule has 0 spiro atoms. The Hall–Kier alpha value is -1.80. The first-order chi connectivity index (χ1) is 11.9. The first kappa shape index (κ1) is 21.2. The summed E-state index contributed by atoms with van der Waals surface area (Å²) in [7, 11) is -3.17. The second-order valence-corrected chi connectivity index (χ2v) is 7.61. The molecule has 7 nitrogen and oxygen atoms in total. The smallest absolute Gasteiger partial charge is 0.208 e. The number of anilines is 1. The summed E-state index contributed by atoms with van der Waals surface area (Å²) in [6.45, 7) is 10.2. The van der Waals surface area contributed by atoms with E-state index in [2.05, 4.69) is 63.4 Å². The molecule has 0 aliphatic heterocycles. The Morgan fingerprint density at radius 1 is 1.20 bits per heavy atom. The summed E-state index contributed by atoms with van der Waals surface area (Å²) in [6.07, 6.45) is 1.14. The molecule has 0 aromatic heterocycles. The van der Waals surface area contributed by atoms with E-state index in [-0.39, 0.29) is 0 Å². The van der Waals surface area contributed by atoms with E-state index in [1.807, 2.05) is 6.92 Å². The second kappa shape index (κ2) is 10.9. The zero-order chi connectivity index (χ0) is 18.7. The Morgan fingerprint density at radius 2 is 1.96 bits per heavy atom. The van der Waals surface area contributed by atoms with E-state index >= 15 is 0 Å². The lowest BCUT2D eigenvalue weighted by Gasteiger charge is -2.24. The van der Waals surface area contributed by atoms with Crippen LogP contribution in [0.5, 0.6) is 0 Å². The summed E-state index contributed by atoms with van der Waals surface area (Å²) in [6, 6.07) is 8.46. The largest absolute Gasteiger partial charge is 0.370 e. The fourth-order valence-electron chi connectivity index (χ4n) is 2.34. The molecule has 0 heterocycles. The molecule has 1 aromatic carbocycles. The highest BCUT2D eigenvalue weighted by Crippen LogP contribution is 2.14. The fourth-order valence-corrected chi connectivity index (χ4v) is 2.81. The molecule has 1 aromatic rings. The van der Waals surface area contributed by atoms with Crippen LogP contribution in [-0.2, 0) is 10.0 Å². The van der Waals surface area contributed by atoms with E-state index in [0.29, 0.717) is 19.0 Å². The van der Waals surface area contributed by atoms with Crippen LogP contribution < -0.4 is 20.3 Å². The second-order valence-electron chi connectivity index (χ2n) is 5.77. The summed E-state index contributed by atoms with van der Waals surface area (Å²) in [5, 5.41) is 6.45. The van der Waals surface area contributed by atoms with Crippen LogP contribution in [0.15, 0.2) is 29.3 Å². The summed E-state index contributed by atoms with van der Waals surface area (Å²) < 4.78 is 24.5. The van der Waals surface area contributed by atoms with Crippen molar-refractivity contribution in [2.75, 3.05) is 50.4 Å². The molecule has 25 heavy (non-hydrogen) atoms. The van der Waals surface area contributed by atoms with Crippen LogP contribution in [0.1, 0.15) is 19.4 Å². The molecule has 0 saturated carbocycles. The van der Waals surface area contributed by atoms with Crippen molar-refractivity contribution >= 4 is 21.7 Å². The standard InChI is InChI=1S/C17H31N5O2S/c1-5-18-17(19-10-11-21-25(4,23)24)20-12-13-22(6-2)16-9-7-8-15(3)14-16/h7-9,14,21H,5-6,10-13H2,1-4H3,(H2,18,19,20). The van der Waals surface area contributed by atoms with Gasteiger partial charge in [0.25, 0.3) is 0 Å². The number of hydrogen-bond donors (Lipinski definition) is 3. The van der Waals surface area contributed by atoms with Gasteiger partial charge in [-0.25, -0.2) is 13.1 Å². The van der Waals surface area contributed by atoms with E-state index in [9.17, 15) is 8.42 Å². The lowest BCUT2D eigenvalue weighted by Crippen LogP contribution is -2.42. The fraction of sp³-hybridized carbons (Fsp3) is 0.588. The van der Waals surface area contributed by atoms with Gasteiger partial charge in [-0.1, -0.05) is 12.1 Å². The Kier molecular flexibility index (Phi) is 9.30. The van der Waals surface area contributed by atoms with Crippen LogP contribution >= 0.6 is 0 Å². The van der Waals surface area contributed by atoms with Crippen LogP contribution in [0, 0.1) is 6.92 Å². The van der Waals surface area contributed by atoms with Gasteiger partial charge in [0, 0.05) is 38.4 Å². The maximum Gasteiger partial charge on any atom is 0.208 e. The van der Waals surface area contributed by atoms with Crippen molar-refractivity contribution in [2.45, 2.75) is 20.8 Å². The average molecular weight is 370 g/mol. The summed E-state index contributed by atoms with van der Waals surface area (Å²) >= 11 is 0. The van der Waals surface area contributed by atoms with Crippen LogP contribution in [-0.4, -0.2) is 59.9 Å². The van der Waals surface area contributed by atoms with E-state index < -0.39 is 10.0 Å². The highest BCUT2D eigenvalue weighted by molar-refractivity contribution is 7.88. The molecule has 0 radical (unpaired) electrons. The lowest BCUT2D eigenvalue weighted by molar-refractivity contribution is 0.588. The third-order valence-electron chi connectivity index (χ3n) is 3.51. The molecular formula is C17H31N5O2S. The number of guanidine groups is 1. The predicted molar refractivity (Wildman–Crippen MR) is 106 cm³/mol. The van der Waals surface area contributed by atoms with Gasteiger partial charge in [0.2, 0.25) is 10.0 Å². The SMILES string of the molecule is CCNC(=NCCNS(C)(=O)=O)NCCN(CC)c1cccc(C)c1. The number of benzene rings is 1. The summed E-state index contributed by atoms with van der Waals surface area (Å²) in [4.78, 5) is 6.68. The minimum atomic E-state index is -3.17. The van der Waals surface area contributed by atoms with Gasteiger partial charge in [-0.3, -0.25) is 4.99 Å². The molecule has 0 fully saturated rings. The Morgan fingerprint density at radius 3 is 2.56 bits per heavy atom. The van der Waals surface area contributed by atoms with Crippen molar-refractivity contribution in [1.82, 2.24) is 15.4 Å². The van der Waals surface area contributed by atoms with Crippen LogP contribution in [0.4, 0.5) is 5.69 Å². The lowest BCUT2D eigenvalue weighted by atomic mass is 10.2. The zero-order valence-corrected chi connectivity index (χ0v) is 16.5. The number of aryl methyl sites for hydroxylation is 1. The van der Waals surface area contributed by atoms with Crippen molar-refractivity contribution < 1.29 is 8.42 Å². The van der Waals surface area contributed by atoms with Gasteiger partial charge in [-0.2, -0.15) is 0 Å². The van der Waals surface area contributed by atoms with Crippen molar-refractivity contribution in [3.8, 4) is 0 Å². The molecule has 0 bridgehead atoms. The predicted octanol–water partition coefficient (Wildman–Crippen LogP) is 0.926. The number of nitrogens with one attached hydrogen (secondary N) is 3. The Bertz CT molecular complexity index is 646. The van der Waals surface area contributed by atoms with Crippen molar-refractivity contribution in [3.63, 3.8) is 0 Å². The molecular weight excluding hydrogens is 338 g/mol. The molecule has 0 aliphatic carbocycles. The number of sulfonamides is 1. The molecule has 0 unspecified atom stereocenters. The zero-order valence-electron chi connectivity index (χ0n) is 15.7. The van der Waals surface area contributed by atoms with Gasteiger partial charge in [0.05, 0.1) is 12.8 Å². The van der Waals surface area contributed by atoms with Crippen molar-refractivity contribution in [1.29, 1.82) is 0 Å². The number of nitrogens with zero attached hydrogens (tertiary/aromatic N) is 2. The van der Waals surface area contributed by atoms with Crippen LogP contribution in [0.2, 0.25) is 0 Å². The highest BCUT2D eigenvalue weighted by atomic mass is 32.2. The molecule has 1 rings (SSSR count). The number of likely N-dealkylation sites (N-methyl/N-ethyl adjacent to an activating group) is 1. The molecule has 0 amide bonds. The third kappa shape index (κ3) is 9.31. The molecule has 0 atom stereocenters. The monoisotopic (exact) mass is 369 g/mol. The number of aliphatic imine (C=N–C) groups is 1. The first-order valence-electron chi connectivity index (χ1n) is 8.64. The van der Waals surface area contributed by atoms with E-state index in [1.54, 1.807) is 0 Å². The van der Waals surface area contributed by atoms with Gasteiger partial charge in [-0.05, 0) is 38.5 Å².